The third kappa shape index (κ3) is 3.38. The van der Waals surface area contributed by atoms with Crippen molar-refractivity contribution >= 4 is 0 Å². The van der Waals surface area contributed by atoms with Gasteiger partial charge in [0, 0.05) is 5.56 Å². The Balaban J connectivity index is 1.38. The number of hydrogen-bond donors (Lipinski definition) is 0. The number of aromatic nitrogens is 4. The lowest BCUT2D eigenvalue weighted by molar-refractivity contribution is -0.00115. The predicted molar refractivity (Wildman–Crippen MR) is 101 cm³/mol. The molecule has 1 aliphatic heterocycles. The number of nitrogens with zero attached hydrogens (tertiary/aromatic N) is 4. The van der Waals surface area contributed by atoms with E-state index in [1.165, 1.54) is 12.1 Å². The van der Waals surface area contributed by atoms with E-state index < -0.39 is 0 Å². The normalized spacial score (nSPS) is 15.9. The van der Waals surface area contributed by atoms with Gasteiger partial charge in [-0.3, -0.25) is 4.68 Å². The van der Waals surface area contributed by atoms with E-state index in [-0.39, 0.29) is 17.8 Å². The Kier molecular flexibility index (Phi) is 4.33. The zero-order valence-corrected chi connectivity index (χ0v) is 15.6. The number of hydrogen-bond acceptors (Lipinski definition) is 6. The molecule has 29 heavy (non-hydrogen) atoms. The monoisotopic (exact) mass is 392 g/mol. The van der Waals surface area contributed by atoms with E-state index in [9.17, 15) is 4.39 Å². The Hall–Kier alpha value is -3.52. The van der Waals surface area contributed by atoms with Crippen molar-refractivity contribution < 1.29 is 18.4 Å². The number of benzene rings is 2. The van der Waals surface area contributed by atoms with Crippen molar-refractivity contribution in [3.8, 4) is 28.7 Å². The van der Waals surface area contributed by atoms with Crippen LogP contribution in [0.5, 0.6) is 5.75 Å². The number of methoxy groups -OCH3 is 1. The molecule has 4 aromatic rings. The van der Waals surface area contributed by atoms with Crippen LogP contribution in [-0.4, -0.2) is 27.0 Å². The Morgan fingerprint density at radius 3 is 2.79 bits per heavy atom. The fourth-order valence-electron chi connectivity index (χ4n) is 3.32. The van der Waals surface area contributed by atoms with Gasteiger partial charge < -0.3 is 14.0 Å². The highest BCUT2D eigenvalue weighted by Gasteiger charge is 2.24. The zero-order valence-electron chi connectivity index (χ0n) is 15.6. The maximum atomic E-state index is 13.4. The average molecular weight is 392 g/mol. The van der Waals surface area contributed by atoms with Gasteiger partial charge in [0.25, 0.3) is 5.89 Å². The van der Waals surface area contributed by atoms with Gasteiger partial charge in [-0.05, 0) is 35.9 Å². The molecule has 0 saturated carbocycles. The van der Waals surface area contributed by atoms with Gasteiger partial charge in [-0.2, -0.15) is 10.1 Å². The first-order valence-electron chi connectivity index (χ1n) is 9.12. The van der Waals surface area contributed by atoms with Crippen molar-refractivity contribution in [2.45, 2.75) is 19.3 Å². The molecule has 0 aliphatic carbocycles. The Labute approximate surface area is 165 Å². The fourth-order valence-corrected chi connectivity index (χ4v) is 3.32. The molecule has 0 saturated heterocycles. The summed E-state index contributed by atoms with van der Waals surface area (Å²) >= 11 is 0. The second kappa shape index (κ2) is 7.14. The number of rotatable bonds is 4. The first-order chi connectivity index (χ1) is 14.2. The highest BCUT2D eigenvalue weighted by atomic mass is 19.1. The minimum atomic E-state index is -0.354. The Bertz CT molecular complexity index is 1150. The Morgan fingerprint density at radius 2 is 2.00 bits per heavy atom. The van der Waals surface area contributed by atoms with Crippen LogP contribution in [0.25, 0.3) is 23.0 Å². The highest BCUT2D eigenvalue weighted by Crippen LogP contribution is 2.30. The van der Waals surface area contributed by atoms with Crippen molar-refractivity contribution in [1.29, 1.82) is 0 Å². The molecule has 5 rings (SSSR count). The van der Waals surface area contributed by atoms with Crippen molar-refractivity contribution in [3.05, 3.63) is 71.7 Å². The topological polar surface area (TPSA) is 75.2 Å². The van der Waals surface area contributed by atoms with Crippen molar-refractivity contribution in [3.63, 3.8) is 0 Å². The van der Waals surface area contributed by atoms with E-state index in [0.29, 0.717) is 30.2 Å². The smallest absolute Gasteiger partial charge is 0.278 e. The summed E-state index contributed by atoms with van der Waals surface area (Å²) in [7, 11) is 1.64. The van der Waals surface area contributed by atoms with Gasteiger partial charge in [-0.15, -0.1) is 0 Å². The van der Waals surface area contributed by atoms with Gasteiger partial charge in [-0.1, -0.05) is 29.4 Å². The molecule has 8 heteroatoms. The Morgan fingerprint density at radius 1 is 1.14 bits per heavy atom. The number of ether oxygens (including phenoxy) is 2. The van der Waals surface area contributed by atoms with Gasteiger partial charge in [0.1, 0.15) is 17.7 Å². The molecular weight excluding hydrogens is 375 g/mol. The lowest BCUT2D eigenvalue weighted by Gasteiger charge is -2.24. The van der Waals surface area contributed by atoms with Gasteiger partial charge in [0.05, 0.1) is 26.0 Å². The summed E-state index contributed by atoms with van der Waals surface area (Å²) in [5.41, 5.74) is 3.09. The van der Waals surface area contributed by atoms with E-state index in [2.05, 4.69) is 15.2 Å². The highest BCUT2D eigenvalue weighted by molar-refractivity contribution is 5.58. The summed E-state index contributed by atoms with van der Waals surface area (Å²) in [6.45, 7) is 1.00. The van der Waals surface area contributed by atoms with E-state index in [1.807, 2.05) is 35.0 Å². The minimum absolute atomic E-state index is 0.105. The lowest BCUT2D eigenvalue weighted by Crippen LogP contribution is -2.21. The van der Waals surface area contributed by atoms with Gasteiger partial charge >= 0.3 is 0 Å². The first-order valence-corrected chi connectivity index (χ1v) is 9.12. The largest absolute Gasteiger partial charge is 0.497 e. The molecule has 146 valence electrons. The van der Waals surface area contributed by atoms with Crippen molar-refractivity contribution in [2.75, 3.05) is 7.11 Å². The summed E-state index contributed by atoms with van der Waals surface area (Å²) in [4.78, 5) is 4.36. The molecule has 0 bridgehead atoms. The standard InChI is InChI=1S/C21H17FN4O3/c1-27-17-7-5-13(6-8-17)19-11-26-16(12-28-19)10-18(24-26)21-23-20(25-29-21)14-3-2-4-15(22)9-14/h2-10,19H,11-12H2,1H3/t19-/m1/s1. The van der Waals surface area contributed by atoms with Crippen LogP contribution in [0.1, 0.15) is 17.4 Å². The van der Waals surface area contributed by atoms with E-state index in [1.54, 1.807) is 19.2 Å². The van der Waals surface area contributed by atoms with Crippen LogP contribution in [0, 0.1) is 5.82 Å². The third-order valence-electron chi connectivity index (χ3n) is 4.85. The quantitative estimate of drug-likeness (QED) is 0.522. The van der Waals surface area contributed by atoms with Crippen molar-refractivity contribution in [1.82, 2.24) is 19.9 Å². The van der Waals surface area contributed by atoms with Crippen LogP contribution in [0.3, 0.4) is 0 Å². The molecule has 2 aromatic heterocycles. The second-order valence-corrected chi connectivity index (χ2v) is 6.71. The number of fused-ring (bicyclic) bond motifs is 1. The molecule has 0 spiro atoms. The van der Waals surface area contributed by atoms with Crippen LogP contribution >= 0.6 is 0 Å². The van der Waals surface area contributed by atoms with Gasteiger partial charge in [-0.25, -0.2) is 4.39 Å². The molecule has 0 unspecified atom stereocenters. The molecule has 2 aromatic carbocycles. The van der Waals surface area contributed by atoms with Gasteiger partial charge in [0.15, 0.2) is 5.69 Å². The first kappa shape index (κ1) is 17.6. The maximum Gasteiger partial charge on any atom is 0.278 e. The fraction of sp³-hybridized carbons (Fsp3) is 0.190. The molecule has 7 nitrogen and oxygen atoms in total. The summed E-state index contributed by atoms with van der Waals surface area (Å²) in [5, 5.41) is 8.54. The third-order valence-corrected chi connectivity index (χ3v) is 4.85. The van der Waals surface area contributed by atoms with Gasteiger partial charge in [0.2, 0.25) is 5.82 Å². The summed E-state index contributed by atoms with van der Waals surface area (Å²) in [6.07, 6.45) is -0.105. The summed E-state index contributed by atoms with van der Waals surface area (Å²) in [6, 6.07) is 15.7. The lowest BCUT2D eigenvalue weighted by atomic mass is 10.1. The molecule has 0 radical (unpaired) electrons. The average Bonchev–Trinajstić information content (AvgIpc) is 3.40. The molecule has 3 heterocycles. The maximum absolute atomic E-state index is 13.4. The minimum Gasteiger partial charge on any atom is -0.497 e. The molecule has 0 fully saturated rings. The molecule has 1 aliphatic rings. The molecular formula is C21H17FN4O3. The molecule has 1 atom stereocenters. The van der Waals surface area contributed by atoms with Crippen LogP contribution in [0.4, 0.5) is 4.39 Å². The predicted octanol–water partition coefficient (Wildman–Crippen LogP) is 4.02. The summed E-state index contributed by atoms with van der Waals surface area (Å²) in [5.74, 6) is 1.05. The van der Waals surface area contributed by atoms with Crippen LogP contribution < -0.4 is 4.74 Å². The van der Waals surface area contributed by atoms with Crippen LogP contribution in [0.2, 0.25) is 0 Å². The number of halogens is 1. The van der Waals surface area contributed by atoms with E-state index in [0.717, 1.165) is 17.0 Å². The second-order valence-electron chi connectivity index (χ2n) is 6.71. The molecule has 0 N–H and O–H groups in total. The molecule has 0 amide bonds. The van der Waals surface area contributed by atoms with E-state index >= 15 is 0 Å². The van der Waals surface area contributed by atoms with Crippen LogP contribution in [-0.2, 0) is 17.9 Å². The zero-order chi connectivity index (χ0) is 19.8. The summed E-state index contributed by atoms with van der Waals surface area (Å²) < 4.78 is 31.9. The van der Waals surface area contributed by atoms with E-state index in [4.69, 9.17) is 14.0 Å². The SMILES string of the molecule is COc1ccc([C@H]2Cn3nc(-c4nc(-c5cccc(F)c5)no4)cc3CO2)cc1. The van der Waals surface area contributed by atoms with Crippen LogP contribution in [0.15, 0.2) is 59.1 Å². The van der Waals surface area contributed by atoms with Crippen molar-refractivity contribution in [2.24, 2.45) is 0 Å².